The third-order valence-electron chi connectivity index (χ3n) is 5.70. The van der Waals surface area contributed by atoms with Crippen LogP contribution in [-0.2, 0) is 4.57 Å². The van der Waals surface area contributed by atoms with E-state index < -0.39 is 15.1 Å². The average molecular weight is 489 g/mol. The van der Waals surface area contributed by atoms with E-state index in [1.165, 1.54) is 41.5 Å². The molecule has 0 saturated heterocycles. The van der Waals surface area contributed by atoms with Crippen molar-refractivity contribution in [2.24, 2.45) is 0 Å². The van der Waals surface area contributed by atoms with Crippen molar-refractivity contribution in [1.29, 1.82) is 0 Å². The molecule has 0 saturated carbocycles. The predicted octanol–water partition coefficient (Wildman–Crippen LogP) is 4.17. The first-order valence-electron chi connectivity index (χ1n) is 11.4. The minimum absolute atomic E-state index is 1.15. The topological polar surface area (TPSA) is 81.0 Å². The van der Waals surface area contributed by atoms with Crippen LogP contribution in [0.2, 0.25) is 0 Å². The van der Waals surface area contributed by atoms with Crippen LogP contribution < -0.4 is 15.9 Å². The van der Waals surface area contributed by atoms with E-state index in [9.17, 15) is 0 Å². The lowest BCUT2D eigenvalue weighted by atomic mass is 10.3. The summed E-state index contributed by atoms with van der Waals surface area (Å²) in [4.78, 5) is 24.1. The highest BCUT2D eigenvalue weighted by molar-refractivity contribution is 7.95. The van der Waals surface area contributed by atoms with Crippen molar-refractivity contribution >= 4 is 31.0 Å². The molecule has 0 aliphatic heterocycles. The van der Waals surface area contributed by atoms with Gasteiger partial charge in [0.05, 0.1) is 6.16 Å². The Morgan fingerprint density at radius 3 is 1.30 bits per heavy atom. The van der Waals surface area contributed by atoms with Crippen LogP contribution in [0.25, 0.3) is 0 Å². The molecule has 0 atom stereocenters. The molecule has 3 rings (SSSR count). The fourth-order valence-corrected chi connectivity index (χ4v) is 8.52. The van der Waals surface area contributed by atoms with Gasteiger partial charge >= 0.3 is 7.82 Å². The Hall–Kier alpha value is -1.84. The molecule has 0 aliphatic rings. The zero-order chi connectivity index (χ0) is 24.2. The molecular formula is C26H36NO4P2+. The van der Waals surface area contributed by atoms with Crippen molar-refractivity contribution in [3.8, 4) is 0 Å². The van der Waals surface area contributed by atoms with E-state index in [1.807, 2.05) is 0 Å². The molecule has 0 aromatic heterocycles. The van der Waals surface area contributed by atoms with Gasteiger partial charge < -0.3 is 19.6 Å². The van der Waals surface area contributed by atoms with Crippen LogP contribution in [0, 0.1) is 0 Å². The van der Waals surface area contributed by atoms with Crippen molar-refractivity contribution in [2.75, 3.05) is 25.8 Å². The fraction of sp³-hybridized carbons (Fsp3) is 0.308. The summed E-state index contributed by atoms with van der Waals surface area (Å²) < 4.78 is 8.88. The maximum absolute atomic E-state index is 8.88. The second-order valence-electron chi connectivity index (χ2n) is 7.79. The Labute approximate surface area is 198 Å². The van der Waals surface area contributed by atoms with Crippen molar-refractivity contribution in [2.45, 2.75) is 26.7 Å². The summed E-state index contributed by atoms with van der Waals surface area (Å²) in [7, 11) is -6.29. The molecule has 5 nitrogen and oxygen atoms in total. The maximum Gasteiger partial charge on any atom is 0.466 e. The Bertz CT molecular complexity index is 856. The van der Waals surface area contributed by atoms with E-state index in [1.54, 1.807) is 0 Å². The van der Waals surface area contributed by atoms with Gasteiger partial charge in [0.15, 0.2) is 0 Å². The highest BCUT2D eigenvalue weighted by Crippen LogP contribution is 2.55. The molecule has 3 aromatic carbocycles. The summed E-state index contributed by atoms with van der Waals surface area (Å²) in [5, 5.41) is 4.49. The Morgan fingerprint density at radius 2 is 1.00 bits per heavy atom. The van der Waals surface area contributed by atoms with Crippen molar-refractivity contribution in [1.82, 2.24) is 4.90 Å². The van der Waals surface area contributed by atoms with Crippen LogP contribution in [0.1, 0.15) is 26.7 Å². The summed E-state index contributed by atoms with van der Waals surface area (Å²) in [6.45, 7) is 8.02. The number of rotatable bonds is 10. The molecule has 3 aromatic rings. The fourth-order valence-electron chi connectivity index (χ4n) is 4.11. The Balaban J connectivity index is 0.000000696. The van der Waals surface area contributed by atoms with Crippen molar-refractivity contribution in [3.05, 3.63) is 91.0 Å². The second-order valence-corrected chi connectivity index (χ2v) is 12.4. The SMILES string of the molecule is CCN(CC)CCCC[P+](c1ccccc1)(c1ccccc1)c1ccccc1.O=P(O)(O)O. The summed E-state index contributed by atoms with van der Waals surface area (Å²) in [5.74, 6) is 0. The van der Waals surface area contributed by atoms with Gasteiger partial charge in [-0.25, -0.2) is 4.57 Å². The summed E-state index contributed by atoms with van der Waals surface area (Å²) in [6.07, 6.45) is 3.74. The van der Waals surface area contributed by atoms with Gasteiger partial charge in [0, 0.05) is 0 Å². The minimum atomic E-state index is -4.64. The van der Waals surface area contributed by atoms with Crippen LogP contribution in [0.5, 0.6) is 0 Å². The number of phosphoric acid groups is 1. The van der Waals surface area contributed by atoms with E-state index in [0.717, 1.165) is 13.1 Å². The molecule has 33 heavy (non-hydrogen) atoms. The molecule has 178 valence electrons. The Morgan fingerprint density at radius 1 is 0.667 bits per heavy atom. The third-order valence-corrected chi connectivity index (χ3v) is 10.2. The molecular weight excluding hydrogens is 452 g/mol. The largest absolute Gasteiger partial charge is 0.466 e. The summed E-state index contributed by atoms with van der Waals surface area (Å²) in [5.41, 5.74) is 0. The summed E-state index contributed by atoms with van der Waals surface area (Å²) in [6, 6.07) is 33.7. The van der Waals surface area contributed by atoms with Gasteiger partial charge in [0.2, 0.25) is 0 Å². The maximum atomic E-state index is 8.88. The molecule has 0 spiro atoms. The molecule has 0 unspecified atom stereocenters. The van der Waals surface area contributed by atoms with Crippen LogP contribution in [-0.4, -0.2) is 45.4 Å². The van der Waals surface area contributed by atoms with Crippen LogP contribution in [0.3, 0.4) is 0 Å². The monoisotopic (exact) mass is 488 g/mol. The third kappa shape index (κ3) is 8.79. The van der Waals surface area contributed by atoms with E-state index in [-0.39, 0.29) is 0 Å². The first kappa shape index (κ1) is 27.4. The number of hydrogen-bond donors (Lipinski definition) is 3. The van der Waals surface area contributed by atoms with Crippen LogP contribution in [0.4, 0.5) is 0 Å². The van der Waals surface area contributed by atoms with E-state index in [2.05, 4.69) is 110 Å². The molecule has 0 radical (unpaired) electrons. The molecule has 0 bridgehead atoms. The van der Waals surface area contributed by atoms with Gasteiger partial charge in [0.25, 0.3) is 0 Å². The lowest BCUT2D eigenvalue weighted by molar-refractivity contribution is 0.275. The number of hydrogen-bond acceptors (Lipinski definition) is 2. The zero-order valence-corrected chi connectivity index (χ0v) is 21.3. The first-order valence-corrected chi connectivity index (χ1v) is 14.9. The zero-order valence-electron chi connectivity index (χ0n) is 19.5. The second kappa shape index (κ2) is 13.8. The number of nitrogens with zero attached hydrogens (tertiary/aromatic N) is 1. The molecule has 0 aliphatic carbocycles. The smallest absolute Gasteiger partial charge is 0.304 e. The molecule has 0 heterocycles. The highest BCUT2D eigenvalue weighted by atomic mass is 31.2. The first-order chi connectivity index (χ1) is 15.8. The quantitative estimate of drug-likeness (QED) is 0.295. The lowest BCUT2D eigenvalue weighted by Crippen LogP contribution is -2.33. The van der Waals surface area contributed by atoms with E-state index in [4.69, 9.17) is 19.2 Å². The number of benzene rings is 3. The van der Waals surface area contributed by atoms with Gasteiger partial charge in [-0.15, -0.1) is 0 Å². The average Bonchev–Trinajstić information content (AvgIpc) is 2.82. The number of unbranched alkanes of at least 4 members (excludes halogenated alkanes) is 1. The van der Waals surface area contributed by atoms with Crippen molar-refractivity contribution < 1.29 is 19.2 Å². The molecule has 0 fully saturated rings. The van der Waals surface area contributed by atoms with Gasteiger partial charge in [-0.2, -0.15) is 0 Å². The highest BCUT2D eigenvalue weighted by Gasteiger charge is 2.44. The van der Waals surface area contributed by atoms with Crippen LogP contribution >= 0.6 is 15.1 Å². The van der Waals surface area contributed by atoms with Gasteiger partial charge in [-0.3, -0.25) is 0 Å². The van der Waals surface area contributed by atoms with E-state index in [0.29, 0.717) is 0 Å². The Kier molecular flexibility index (Phi) is 11.4. The van der Waals surface area contributed by atoms with Gasteiger partial charge in [0.1, 0.15) is 23.2 Å². The van der Waals surface area contributed by atoms with E-state index >= 15 is 0 Å². The summed E-state index contributed by atoms with van der Waals surface area (Å²) >= 11 is 0. The predicted molar refractivity (Wildman–Crippen MR) is 141 cm³/mol. The lowest BCUT2D eigenvalue weighted by Gasteiger charge is -2.28. The van der Waals surface area contributed by atoms with Crippen molar-refractivity contribution in [3.63, 3.8) is 0 Å². The standard InChI is InChI=1S/C26H33NP.H3O4P/c1-3-27(4-2)22-14-15-23-28(24-16-8-5-9-17-24,25-18-10-6-11-19-25)26-20-12-7-13-21-26;1-5(2,3)4/h5-13,16-21H,3-4,14-15,22-23H2,1-2H3;(H3,1,2,3,4)/q+1;. The molecule has 3 N–H and O–H groups in total. The van der Waals surface area contributed by atoms with Gasteiger partial charge in [-0.1, -0.05) is 68.4 Å². The normalized spacial score (nSPS) is 11.7. The molecule has 0 amide bonds. The van der Waals surface area contributed by atoms with Crippen LogP contribution in [0.15, 0.2) is 91.0 Å². The van der Waals surface area contributed by atoms with Gasteiger partial charge in [-0.05, 0) is 68.9 Å². The molecule has 7 heteroatoms. The minimum Gasteiger partial charge on any atom is -0.304 e.